The molecular weight excluding hydrogens is 350 g/mol. The number of thioether (sulfide) groups is 1. The van der Waals surface area contributed by atoms with Gasteiger partial charge in [-0.15, -0.1) is 0 Å². The molecule has 0 spiro atoms. The zero-order chi connectivity index (χ0) is 17.9. The fourth-order valence-corrected chi connectivity index (χ4v) is 4.42. The third kappa shape index (κ3) is 3.53. The van der Waals surface area contributed by atoms with Crippen LogP contribution >= 0.6 is 11.8 Å². The van der Waals surface area contributed by atoms with Crippen molar-refractivity contribution in [2.24, 2.45) is 10.9 Å². The maximum absolute atomic E-state index is 12.5. The molecule has 4 rings (SSSR count). The zero-order valence-electron chi connectivity index (χ0n) is 14.9. The summed E-state index contributed by atoms with van der Waals surface area (Å²) in [5.41, 5.74) is 2.31. The fourth-order valence-electron chi connectivity index (χ4n) is 3.44. The van der Waals surface area contributed by atoms with Gasteiger partial charge in [-0.05, 0) is 29.9 Å². The highest BCUT2D eigenvalue weighted by Gasteiger charge is 2.27. The van der Waals surface area contributed by atoms with Crippen LogP contribution in [0, 0.1) is 5.92 Å². The number of fused-ring (bicyclic) bond motifs is 2. The zero-order valence-corrected chi connectivity index (χ0v) is 15.7. The number of carbonyl (C=O) groups excluding carboxylic acids is 1. The van der Waals surface area contributed by atoms with Crippen LogP contribution in [-0.4, -0.2) is 49.3 Å². The molecule has 138 valence electrons. The average Bonchev–Trinajstić information content (AvgIpc) is 3.10. The van der Waals surface area contributed by atoms with Gasteiger partial charge in [0, 0.05) is 37.8 Å². The van der Waals surface area contributed by atoms with E-state index in [2.05, 4.69) is 20.6 Å². The molecule has 1 unspecified atom stereocenters. The number of hydrogen-bond donors (Lipinski definition) is 1. The second kappa shape index (κ2) is 7.61. The molecule has 3 heterocycles. The van der Waals surface area contributed by atoms with Crippen LogP contribution in [0.4, 0.5) is 0 Å². The molecule has 1 aromatic carbocycles. The van der Waals surface area contributed by atoms with Gasteiger partial charge < -0.3 is 19.7 Å². The number of rotatable bonds is 5. The number of benzene rings is 1. The van der Waals surface area contributed by atoms with Crippen molar-refractivity contribution < 1.29 is 14.3 Å². The molecule has 0 radical (unpaired) electrons. The summed E-state index contributed by atoms with van der Waals surface area (Å²) in [6, 6.07) is 5.77. The number of hydrogen-bond acceptors (Lipinski definition) is 6. The Balaban J connectivity index is 1.28. The van der Waals surface area contributed by atoms with E-state index in [1.165, 1.54) is 5.70 Å². The minimum absolute atomic E-state index is 0.0604. The van der Waals surface area contributed by atoms with Crippen molar-refractivity contribution in [1.82, 2.24) is 10.2 Å². The lowest BCUT2D eigenvalue weighted by molar-refractivity contribution is -0.126. The SMILES string of the molecule is COc1ccc2c(c1)OCC(C(=O)NCCC1=CSC3=NCCCN13)C2. The normalized spacial score (nSPS) is 21.1. The lowest BCUT2D eigenvalue weighted by Gasteiger charge is -2.26. The van der Waals surface area contributed by atoms with Crippen molar-refractivity contribution in [1.29, 1.82) is 0 Å². The van der Waals surface area contributed by atoms with E-state index in [-0.39, 0.29) is 11.8 Å². The molecule has 6 nitrogen and oxygen atoms in total. The fraction of sp³-hybridized carbons (Fsp3) is 0.474. The van der Waals surface area contributed by atoms with Crippen LogP contribution in [0.1, 0.15) is 18.4 Å². The molecule has 0 saturated carbocycles. The number of amidine groups is 1. The predicted octanol–water partition coefficient (Wildman–Crippen LogP) is 2.40. The van der Waals surface area contributed by atoms with Crippen LogP contribution in [0.3, 0.4) is 0 Å². The van der Waals surface area contributed by atoms with E-state index in [9.17, 15) is 4.79 Å². The molecule has 7 heteroatoms. The van der Waals surface area contributed by atoms with Crippen LogP contribution in [0.25, 0.3) is 0 Å². The Morgan fingerprint density at radius 2 is 2.42 bits per heavy atom. The third-order valence-electron chi connectivity index (χ3n) is 4.90. The number of amides is 1. The first-order chi connectivity index (χ1) is 12.7. The maximum Gasteiger partial charge on any atom is 0.226 e. The van der Waals surface area contributed by atoms with E-state index >= 15 is 0 Å². The Morgan fingerprint density at radius 3 is 3.31 bits per heavy atom. The Kier molecular flexibility index (Phi) is 5.06. The summed E-state index contributed by atoms with van der Waals surface area (Å²) in [4.78, 5) is 19.3. The van der Waals surface area contributed by atoms with E-state index in [0.717, 1.165) is 48.2 Å². The molecule has 1 atom stereocenters. The number of aliphatic imine (C=N–C) groups is 1. The smallest absolute Gasteiger partial charge is 0.226 e. The van der Waals surface area contributed by atoms with Gasteiger partial charge in [-0.1, -0.05) is 17.8 Å². The summed E-state index contributed by atoms with van der Waals surface area (Å²) in [6.45, 7) is 3.00. The van der Waals surface area contributed by atoms with Crippen LogP contribution in [-0.2, 0) is 11.2 Å². The first kappa shape index (κ1) is 17.3. The van der Waals surface area contributed by atoms with Gasteiger partial charge in [-0.25, -0.2) is 0 Å². The Hall–Kier alpha value is -2.15. The molecule has 0 aliphatic carbocycles. The minimum atomic E-state index is -0.144. The quantitative estimate of drug-likeness (QED) is 0.859. The summed E-state index contributed by atoms with van der Waals surface area (Å²) in [5.74, 6) is 1.51. The van der Waals surface area contributed by atoms with Crippen LogP contribution in [0.5, 0.6) is 11.5 Å². The number of methoxy groups -OCH3 is 1. The van der Waals surface area contributed by atoms with Gasteiger partial charge in [0.2, 0.25) is 5.91 Å². The Labute approximate surface area is 157 Å². The predicted molar refractivity (Wildman–Crippen MR) is 103 cm³/mol. The van der Waals surface area contributed by atoms with Crippen molar-refractivity contribution >= 4 is 22.8 Å². The van der Waals surface area contributed by atoms with Gasteiger partial charge in [0.15, 0.2) is 5.17 Å². The van der Waals surface area contributed by atoms with E-state index in [1.54, 1.807) is 18.9 Å². The molecule has 3 aliphatic heterocycles. The molecule has 0 bridgehead atoms. The second-order valence-electron chi connectivity index (χ2n) is 6.62. The monoisotopic (exact) mass is 373 g/mol. The van der Waals surface area contributed by atoms with Crippen molar-refractivity contribution in [3.63, 3.8) is 0 Å². The molecule has 1 N–H and O–H groups in total. The van der Waals surface area contributed by atoms with Crippen LogP contribution in [0.15, 0.2) is 34.3 Å². The van der Waals surface area contributed by atoms with Crippen LogP contribution in [0.2, 0.25) is 0 Å². The van der Waals surface area contributed by atoms with Gasteiger partial charge >= 0.3 is 0 Å². The summed E-state index contributed by atoms with van der Waals surface area (Å²) in [6.07, 6.45) is 2.63. The van der Waals surface area contributed by atoms with E-state index in [4.69, 9.17) is 9.47 Å². The third-order valence-corrected chi connectivity index (χ3v) is 5.85. The number of carbonyl (C=O) groups is 1. The number of ether oxygens (including phenoxy) is 2. The largest absolute Gasteiger partial charge is 0.497 e. The average molecular weight is 373 g/mol. The summed E-state index contributed by atoms with van der Waals surface area (Å²) < 4.78 is 11.0. The van der Waals surface area contributed by atoms with Gasteiger partial charge in [-0.3, -0.25) is 9.79 Å². The maximum atomic E-state index is 12.5. The van der Waals surface area contributed by atoms with Crippen molar-refractivity contribution in [3.8, 4) is 11.5 Å². The standard InChI is InChI=1S/C19H23N3O3S/c1-24-16-4-3-13-9-14(11-25-17(13)10-16)18(23)20-7-5-15-12-26-19-21-6-2-8-22(15)19/h3-4,10,12,14H,2,5-9,11H2,1H3,(H,20,23). The van der Waals surface area contributed by atoms with E-state index < -0.39 is 0 Å². The topological polar surface area (TPSA) is 63.2 Å². The first-order valence-electron chi connectivity index (χ1n) is 8.99. The second-order valence-corrected chi connectivity index (χ2v) is 7.46. The van der Waals surface area contributed by atoms with Crippen molar-refractivity contribution in [2.45, 2.75) is 19.3 Å². The van der Waals surface area contributed by atoms with Gasteiger partial charge in [0.05, 0.1) is 13.0 Å². The molecule has 0 saturated heterocycles. The molecule has 3 aliphatic rings. The lowest BCUT2D eigenvalue weighted by atomic mass is 9.96. The molecular formula is C19H23N3O3S. The molecule has 26 heavy (non-hydrogen) atoms. The van der Waals surface area contributed by atoms with Crippen LogP contribution < -0.4 is 14.8 Å². The summed E-state index contributed by atoms with van der Waals surface area (Å²) in [7, 11) is 1.64. The summed E-state index contributed by atoms with van der Waals surface area (Å²) in [5, 5.41) is 6.33. The Bertz CT molecular complexity index is 762. The molecule has 0 fully saturated rings. The van der Waals surface area contributed by atoms with Crippen molar-refractivity contribution in [2.75, 3.05) is 33.4 Å². The number of nitrogens with one attached hydrogen (secondary N) is 1. The molecule has 1 amide bonds. The first-order valence-corrected chi connectivity index (χ1v) is 9.87. The highest BCUT2D eigenvalue weighted by atomic mass is 32.2. The minimum Gasteiger partial charge on any atom is -0.497 e. The Morgan fingerprint density at radius 1 is 1.50 bits per heavy atom. The van der Waals surface area contributed by atoms with Crippen molar-refractivity contribution in [3.05, 3.63) is 34.9 Å². The molecule has 0 aromatic heterocycles. The summed E-state index contributed by atoms with van der Waals surface area (Å²) >= 11 is 1.69. The highest BCUT2D eigenvalue weighted by molar-refractivity contribution is 8.16. The van der Waals surface area contributed by atoms with Gasteiger partial charge in [-0.2, -0.15) is 0 Å². The lowest BCUT2D eigenvalue weighted by Crippen LogP contribution is -2.38. The highest BCUT2D eigenvalue weighted by Crippen LogP contribution is 2.32. The number of nitrogens with zero attached hydrogens (tertiary/aromatic N) is 2. The molecule has 1 aromatic rings. The van der Waals surface area contributed by atoms with Gasteiger partial charge in [0.25, 0.3) is 0 Å². The van der Waals surface area contributed by atoms with Gasteiger partial charge in [0.1, 0.15) is 18.1 Å². The van der Waals surface area contributed by atoms with E-state index in [0.29, 0.717) is 19.6 Å². The van der Waals surface area contributed by atoms with E-state index in [1.807, 2.05) is 18.2 Å².